The van der Waals surface area contributed by atoms with Gasteiger partial charge < -0.3 is 5.32 Å². The number of nitrogens with zero attached hydrogens (tertiary/aromatic N) is 2. The Hall–Kier alpha value is -2.30. The molecule has 2 N–H and O–H groups in total. The maximum Gasteiger partial charge on any atom is 0.262 e. The van der Waals surface area contributed by atoms with Crippen molar-refractivity contribution >= 4 is 33.1 Å². The number of halogens is 1. The van der Waals surface area contributed by atoms with Gasteiger partial charge in [-0.2, -0.15) is 5.26 Å². The van der Waals surface area contributed by atoms with Crippen molar-refractivity contribution in [3.05, 3.63) is 47.1 Å². The van der Waals surface area contributed by atoms with E-state index in [0.29, 0.717) is 5.82 Å². The summed E-state index contributed by atoms with van der Waals surface area (Å²) in [4.78, 5) is 4.03. The van der Waals surface area contributed by atoms with Gasteiger partial charge in [-0.25, -0.2) is 13.4 Å². The van der Waals surface area contributed by atoms with Crippen LogP contribution in [0.5, 0.6) is 0 Å². The molecule has 0 saturated heterocycles. The smallest absolute Gasteiger partial charge is 0.262 e. The third-order valence-electron chi connectivity index (χ3n) is 2.64. The zero-order valence-corrected chi connectivity index (χ0v) is 12.5. The number of hydrogen-bond donors (Lipinski definition) is 2. The molecule has 1 aromatic carbocycles. The zero-order valence-electron chi connectivity index (χ0n) is 11.0. The summed E-state index contributed by atoms with van der Waals surface area (Å²) in [5.74, 6) is 0.440. The molecule has 6 nitrogen and oxygen atoms in total. The second-order valence-electron chi connectivity index (χ2n) is 4.04. The summed E-state index contributed by atoms with van der Waals surface area (Å²) >= 11 is 5.87. The predicted molar refractivity (Wildman–Crippen MR) is 80.8 cm³/mol. The molecule has 0 bridgehead atoms. The number of benzene rings is 1. The van der Waals surface area contributed by atoms with E-state index in [2.05, 4.69) is 15.0 Å². The molecule has 21 heavy (non-hydrogen) atoms. The Balaban J connectivity index is 2.33. The zero-order chi connectivity index (χ0) is 15.5. The Morgan fingerprint density at radius 1 is 1.29 bits per heavy atom. The molecule has 2 aromatic rings. The van der Waals surface area contributed by atoms with Crippen LogP contribution in [0.1, 0.15) is 5.56 Å². The maximum atomic E-state index is 12.3. The number of aromatic nitrogens is 1. The Labute approximate surface area is 127 Å². The molecule has 0 aliphatic heterocycles. The van der Waals surface area contributed by atoms with Crippen molar-refractivity contribution in [3.63, 3.8) is 0 Å². The van der Waals surface area contributed by atoms with Crippen molar-refractivity contribution in [2.24, 2.45) is 0 Å². The van der Waals surface area contributed by atoms with Crippen molar-refractivity contribution in [3.8, 4) is 6.07 Å². The number of hydrogen-bond acceptors (Lipinski definition) is 5. The van der Waals surface area contributed by atoms with Gasteiger partial charge in [-0.15, -0.1) is 0 Å². The second kappa shape index (κ2) is 5.99. The summed E-state index contributed by atoms with van der Waals surface area (Å²) in [7, 11) is -2.11. The summed E-state index contributed by atoms with van der Waals surface area (Å²) in [5, 5.41) is 11.7. The predicted octanol–water partition coefficient (Wildman–Crippen LogP) is 2.45. The molecule has 108 valence electrons. The lowest BCUT2D eigenvalue weighted by Gasteiger charge is -2.09. The fourth-order valence-electron chi connectivity index (χ4n) is 1.60. The van der Waals surface area contributed by atoms with Gasteiger partial charge in [0.2, 0.25) is 0 Å². The molecule has 0 unspecified atom stereocenters. The Bertz CT molecular complexity index is 815. The normalized spacial score (nSPS) is 10.7. The third kappa shape index (κ3) is 3.42. The van der Waals surface area contributed by atoms with E-state index in [0.717, 1.165) is 0 Å². The van der Waals surface area contributed by atoms with E-state index < -0.39 is 10.0 Å². The highest BCUT2D eigenvalue weighted by atomic mass is 35.5. The lowest BCUT2D eigenvalue weighted by atomic mass is 10.2. The second-order valence-corrected chi connectivity index (χ2v) is 6.13. The van der Waals surface area contributed by atoms with Crippen molar-refractivity contribution in [2.45, 2.75) is 4.90 Å². The minimum Gasteiger partial charge on any atom is -0.373 e. The van der Waals surface area contributed by atoms with Crippen molar-refractivity contribution in [1.82, 2.24) is 4.98 Å². The molecule has 0 saturated carbocycles. The van der Waals surface area contributed by atoms with Gasteiger partial charge in [-0.3, -0.25) is 4.72 Å². The summed E-state index contributed by atoms with van der Waals surface area (Å²) < 4.78 is 26.9. The fraction of sp³-hybridized carbons (Fsp3) is 0.0769. The van der Waals surface area contributed by atoms with Crippen LogP contribution in [0.2, 0.25) is 5.02 Å². The van der Waals surface area contributed by atoms with Crippen molar-refractivity contribution < 1.29 is 8.42 Å². The minimum absolute atomic E-state index is 0.0716. The Morgan fingerprint density at radius 2 is 2.05 bits per heavy atom. The summed E-state index contributed by atoms with van der Waals surface area (Å²) in [6, 6.07) is 9.01. The minimum atomic E-state index is -3.75. The van der Waals surface area contributed by atoms with Crippen LogP contribution in [0.15, 0.2) is 41.4 Å². The molecule has 0 spiro atoms. The summed E-state index contributed by atoms with van der Waals surface area (Å²) in [5.41, 5.74) is 0.558. The lowest BCUT2D eigenvalue weighted by Crippen LogP contribution is -2.13. The van der Waals surface area contributed by atoms with Crippen LogP contribution in [-0.2, 0) is 10.0 Å². The van der Waals surface area contributed by atoms with Gasteiger partial charge in [0.1, 0.15) is 11.9 Å². The topological polar surface area (TPSA) is 94.9 Å². The first kappa shape index (κ1) is 15.1. The van der Waals surface area contributed by atoms with Gasteiger partial charge >= 0.3 is 0 Å². The SMILES string of the molecule is CNc1cc(S(=O)(=O)Nc2ccc(C#N)c(Cl)c2)ccn1. The molecule has 0 amide bonds. The molecule has 2 rings (SSSR count). The number of nitrogens with one attached hydrogen (secondary N) is 2. The van der Waals surface area contributed by atoms with E-state index in [-0.39, 0.29) is 21.2 Å². The lowest BCUT2D eigenvalue weighted by molar-refractivity contribution is 0.601. The van der Waals surface area contributed by atoms with E-state index in [1.54, 1.807) is 7.05 Å². The van der Waals surface area contributed by atoms with Gasteiger partial charge in [-0.1, -0.05) is 11.6 Å². The van der Waals surface area contributed by atoms with Crippen LogP contribution < -0.4 is 10.0 Å². The third-order valence-corrected chi connectivity index (χ3v) is 4.33. The van der Waals surface area contributed by atoms with Crippen molar-refractivity contribution in [2.75, 3.05) is 17.1 Å². The highest BCUT2D eigenvalue weighted by Gasteiger charge is 2.15. The number of sulfonamides is 1. The molecule has 1 aromatic heterocycles. The van der Waals surface area contributed by atoms with Gasteiger partial charge in [0.25, 0.3) is 10.0 Å². The van der Waals surface area contributed by atoms with Crippen LogP contribution in [0, 0.1) is 11.3 Å². The first-order valence-electron chi connectivity index (χ1n) is 5.82. The quantitative estimate of drug-likeness (QED) is 0.901. The van der Waals surface area contributed by atoms with E-state index in [9.17, 15) is 8.42 Å². The van der Waals surface area contributed by atoms with E-state index >= 15 is 0 Å². The average molecular weight is 323 g/mol. The molecular weight excluding hydrogens is 312 g/mol. The maximum absolute atomic E-state index is 12.3. The van der Waals surface area contributed by atoms with E-state index in [4.69, 9.17) is 16.9 Å². The highest BCUT2D eigenvalue weighted by molar-refractivity contribution is 7.92. The van der Waals surface area contributed by atoms with E-state index in [1.807, 2.05) is 6.07 Å². The number of rotatable bonds is 4. The molecular formula is C13H11ClN4O2S. The van der Waals surface area contributed by atoms with Crippen LogP contribution in [-0.4, -0.2) is 20.4 Å². The molecule has 0 aliphatic rings. The molecule has 0 fully saturated rings. The van der Waals surface area contributed by atoms with Crippen LogP contribution in [0.4, 0.5) is 11.5 Å². The fourth-order valence-corrected chi connectivity index (χ4v) is 2.88. The monoisotopic (exact) mass is 322 g/mol. The number of pyridine rings is 1. The number of nitriles is 1. The standard InChI is InChI=1S/C13H11ClN4O2S/c1-16-13-7-11(4-5-17-13)21(19,20)18-10-3-2-9(8-15)12(14)6-10/h2-7,18H,1H3,(H,16,17). The largest absolute Gasteiger partial charge is 0.373 e. The average Bonchev–Trinajstić information content (AvgIpc) is 2.47. The molecule has 8 heteroatoms. The first-order chi connectivity index (χ1) is 9.96. The molecule has 0 radical (unpaired) electrons. The van der Waals surface area contributed by atoms with Gasteiger partial charge in [-0.05, 0) is 24.3 Å². The highest BCUT2D eigenvalue weighted by Crippen LogP contribution is 2.23. The van der Waals surface area contributed by atoms with Crippen LogP contribution >= 0.6 is 11.6 Å². The van der Waals surface area contributed by atoms with Gasteiger partial charge in [0, 0.05) is 19.3 Å². The van der Waals surface area contributed by atoms with Crippen LogP contribution in [0.3, 0.4) is 0 Å². The molecule has 0 atom stereocenters. The van der Waals surface area contributed by atoms with Crippen molar-refractivity contribution in [1.29, 1.82) is 5.26 Å². The first-order valence-corrected chi connectivity index (χ1v) is 7.68. The molecule has 1 heterocycles. The summed E-state index contributed by atoms with van der Waals surface area (Å²) in [6.07, 6.45) is 1.39. The van der Waals surface area contributed by atoms with E-state index in [1.165, 1.54) is 36.5 Å². The number of anilines is 2. The summed E-state index contributed by atoms with van der Waals surface area (Å²) in [6.45, 7) is 0. The Morgan fingerprint density at radius 3 is 2.67 bits per heavy atom. The molecule has 0 aliphatic carbocycles. The Kier molecular flexibility index (Phi) is 4.31. The van der Waals surface area contributed by atoms with Gasteiger partial charge in [0.15, 0.2) is 0 Å². The van der Waals surface area contributed by atoms with Crippen LogP contribution in [0.25, 0.3) is 0 Å². The van der Waals surface area contributed by atoms with Gasteiger partial charge in [0.05, 0.1) is 21.2 Å².